The van der Waals surface area contributed by atoms with Gasteiger partial charge in [0, 0.05) is 43.8 Å². The van der Waals surface area contributed by atoms with Gasteiger partial charge < -0.3 is 14.9 Å². The number of carbonyl (C=O) groups excluding carboxylic acids is 1. The van der Waals surface area contributed by atoms with E-state index < -0.39 is 5.91 Å². The molecule has 4 nitrogen and oxygen atoms in total. The van der Waals surface area contributed by atoms with Crippen molar-refractivity contribution in [2.24, 2.45) is 0 Å². The fourth-order valence-corrected chi connectivity index (χ4v) is 1.96. The van der Waals surface area contributed by atoms with Gasteiger partial charge in [-0.1, -0.05) is 48.5 Å². The minimum Gasteiger partial charge on any atom is -0.662 e. The Balaban J connectivity index is 0.00000161. The smallest absolute Gasteiger partial charge is 0.227 e. The summed E-state index contributed by atoms with van der Waals surface area (Å²) in [5, 5.41) is 0. The van der Waals surface area contributed by atoms with Crippen LogP contribution in [0.4, 0.5) is 0 Å². The number of rotatable bonds is 3. The van der Waals surface area contributed by atoms with E-state index in [9.17, 15) is 4.79 Å². The molecule has 0 saturated heterocycles. The van der Waals surface area contributed by atoms with Crippen LogP contribution in [0.3, 0.4) is 0 Å². The van der Waals surface area contributed by atoms with E-state index in [0.717, 1.165) is 11.1 Å². The van der Waals surface area contributed by atoms with Crippen LogP contribution in [-0.4, -0.2) is 10.9 Å². The number of hydrogen-bond donors (Lipinski definition) is 0. The summed E-state index contributed by atoms with van der Waals surface area (Å²) in [5.41, 5.74) is 8.87. The van der Waals surface area contributed by atoms with Gasteiger partial charge in [-0.25, -0.2) is 4.98 Å². The summed E-state index contributed by atoms with van der Waals surface area (Å²) in [6.07, 6.45) is 0. The molecule has 0 atom stereocenters. The van der Waals surface area contributed by atoms with Crippen molar-refractivity contribution in [3.05, 3.63) is 72.1 Å². The summed E-state index contributed by atoms with van der Waals surface area (Å²) in [4.78, 5) is 15.6. The molecule has 1 radical (unpaired) electrons. The van der Waals surface area contributed by atoms with E-state index in [-0.39, 0.29) is 38.4 Å². The molecular weight excluding hydrogens is 341 g/mol. The Hall–Kier alpha value is -1.78. The van der Waals surface area contributed by atoms with Gasteiger partial charge in [0.1, 0.15) is 11.6 Å². The first-order valence-electron chi connectivity index (χ1n) is 6.13. The van der Waals surface area contributed by atoms with Gasteiger partial charge in [0.25, 0.3) is 0 Å². The molecule has 5 heteroatoms. The minimum absolute atomic E-state index is 0. The van der Waals surface area contributed by atoms with E-state index >= 15 is 0 Å². The first-order chi connectivity index (χ1) is 9.75. The van der Waals surface area contributed by atoms with Crippen LogP contribution in [0.1, 0.15) is 10.5 Å². The molecule has 1 N–H and O–H groups in total. The van der Waals surface area contributed by atoms with E-state index in [1.165, 1.54) is 0 Å². The SMILES string of the molecule is [NH-]C(=O)c1nc(-c2ccccc2)oc1-c1ccccc1.[Y]. The summed E-state index contributed by atoms with van der Waals surface area (Å²) < 4.78 is 5.70. The first kappa shape index (κ1) is 15.6. The molecule has 0 unspecified atom stereocenters. The average Bonchev–Trinajstić information content (AvgIpc) is 2.94. The van der Waals surface area contributed by atoms with E-state index in [4.69, 9.17) is 10.2 Å². The molecule has 1 amide bonds. The third kappa shape index (κ3) is 3.28. The van der Waals surface area contributed by atoms with E-state index in [1.54, 1.807) is 0 Å². The van der Waals surface area contributed by atoms with Gasteiger partial charge in [-0.3, -0.25) is 0 Å². The molecule has 0 bridgehead atoms. The number of hydrogen-bond acceptors (Lipinski definition) is 3. The maximum absolute atomic E-state index is 11.4. The molecule has 2 aromatic carbocycles. The Labute approximate surface area is 147 Å². The maximum atomic E-state index is 11.4. The molecular formula is C16H11N2O2Y-. The van der Waals surface area contributed by atoms with E-state index in [1.807, 2.05) is 60.7 Å². The molecule has 101 valence electrons. The van der Waals surface area contributed by atoms with Crippen LogP contribution >= 0.6 is 0 Å². The second-order valence-corrected chi connectivity index (χ2v) is 4.26. The van der Waals surface area contributed by atoms with Gasteiger partial charge in [-0.2, -0.15) is 0 Å². The molecule has 1 aromatic heterocycles. The quantitative estimate of drug-likeness (QED) is 0.710. The molecule has 3 rings (SSSR count). The molecule has 0 aliphatic carbocycles. The first-order valence-corrected chi connectivity index (χ1v) is 6.13. The third-order valence-electron chi connectivity index (χ3n) is 2.90. The van der Waals surface area contributed by atoms with Crippen LogP contribution in [0, 0.1) is 0 Å². The normalized spacial score (nSPS) is 9.90. The monoisotopic (exact) mass is 352 g/mol. The summed E-state index contributed by atoms with van der Waals surface area (Å²) in [5.74, 6) is -0.167. The predicted octanol–water partition coefficient (Wildman–Crippen LogP) is 4.20. The van der Waals surface area contributed by atoms with Crippen LogP contribution < -0.4 is 0 Å². The molecule has 3 aromatic rings. The van der Waals surface area contributed by atoms with Gasteiger partial charge in [0.15, 0.2) is 5.76 Å². The van der Waals surface area contributed by atoms with Crippen LogP contribution in [0.25, 0.3) is 28.5 Å². The average molecular weight is 352 g/mol. The van der Waals surface area contributed by atoms with Crippen LogP contribution in [-0.2, 0) is 32.7 Å². The van der Waals surface area contributed by atoms with Crippen LogP contribution in [0.2, 0.25) is 0 Å². The second-order valence-electron chi connectivity index (χ2n) is 4.26. The van der Waals surface area contributed by atoms with Crippen molar-refractivity contribution in [1.29, 1.82) is 0 Å². The van der Waals surface area contributed by atoms with Gasteiger partial charge in [-0.15, -0.1) is 0 Å². The van der Waals surface area contributed by atoms with Gasteiger partial charge >= 0.3 is 0 Å². The van der Waals surface area contributed by atoms with Gasteiger partial charge in [0.2, 0.25) is 5.89 Å². The van der Waals surface area contributed by atoms with Crippen LogP contribution in [0.5, 0.6) is 0 Å². The summed E-state index contributed by atoms with van der Waals surface area (Å²) in [7, 11) is 0. The van der Waals surface area contributed by atoms with Gasteiger partial charge in [-0.05, 0) is 12.1 Å². The Bertz CT molecular complexity index is 739. The van der Waals surface area contributed by atoms with Crippen molar-refractivity contribution in [2.75, 3.05) is 0 Å². The van der Waals surface area contributed by atoms with Crippen molar-refractivity contribution in [3.63, 3.8) is 0 Å². The number of oxazole rings is 1. The zero-order valence-electron chi connectivity index (χ0n) is 11.1. The number of amides is 1. The summed E-state index contributed by atoms with van der Waals surface area (Å²) in [6, 6.07) is 18.5. The molecule has 0 fully saturated rings. The van der Waals surface area contributed by atoms with E-state index in [0.29, 0.717) is 11.7 Å². The van der Waals surface area contributed by atoms with Crippen molar-refractivity contribution in [2.45, 2.75) is 0 Å². The molecule has 1 heterocycles. The van der Waals surface area contributed by atoms with E-state index in [2.05, 4.69) is 4.98 Å². The fourth-order valence-electron chi connectivity index (χ4n) is 1.96. The van der Waals surface area contributed by atoms with Crippen molar-refractivity contribution in [3.8, 4) is 22.8 Å². The van der Waals surface area contributed by atoms with Crippen LogP contribution in [0.15, 0.2) is 65.1 Å². The largest absolute Gasteiger partial charge is 0.662 e. The van der Waals surface area contributed by atoms with Gasteiger partial charge in [0.05, 0.1) is 0 Å². The topological polar surface area (TPSA) is 66.9 Å². The Morgan fingerprint density at radius 2 is 1.43 bits per heavy atom. The molecule has 0 saturated carbocycles. The fraction of sp³-hybridized carbons (Fsp3) is 0. The predicted molar refractivity (Wildman–Crippen MR) is 76.0 cm³/mol. The summed E-state index contributed by atoms with van der Waals surface area (Å²) >= 11 is 0. The number of benzene rings is 2. The number of aromatic nitrogens is 1. The Kier molecular flexibility index (Phi) is 5.04. The summed E-state index contributed by atoms with van der Waals surface area (Å²) in [6.45, 7) is 0. The molecule has 0 aliphatic heterocycles. The number of nitrogens with one attached hydrogen (secondary N) is 1. The zero-order valence-corrected chi connectivity index (χ0v) is 14.0. The Morgan fingerprint density at radius 3 is 1.95 bits per heavy atom. The number of carbonyl (C=O) groups is 1. The number of nitrogens with zero attached hydrogens (tertiary/aromatic N) is 1. The maximum Gasteiger partial charge on any atom is 0.227 e. The van der Waals surface area contributed by atoms with Crippen molar-refractivity contribution in [1.82, 2.24) is 4.98 Å². The Morgan fingerprint density at radius 1 is 0.905 bits per heavy atom. The van der Waals surface area contributed by atoms with Crippen molar-refractivity contribution >= 4 is 5.91 Å². The molecule has 0 spiro atoms. The third-order valence-corrected chi connectivity index (χ3v) is 2.90. The zero-order chi connectivity index (χ0) is 13.9. The standard InChI is InChI=1S/C16H12N2O2.Y/c17-15(19)13-14(11-7-3-1-4-8-11)20-16(18-13)12-9-5-2-6-10-12;/h1-10H,(H2,17,19);/p-1. The second kappa shape index (κ2) is 6.79. The van der Waals surface area contributed by atoms with Crippen molar-refractivity contribution < 1.29 is 41.9 Å². The minimum atomic E-state index is -0.852. The molecule has 21 heavy (non-hydrogen) atoms. The molecule has 0 aliphatic rings.